The van der Waals surface area contributed by atoms with Gasteiger partial charge in [-0.2, -0.15) is 0 Å². The van der Waals surface area contributed by atoms with Gasteiger partial charge in [0.05, 0.1) is 33.3 Å². The molecule has 29 heavy (non-hydrogen) atoms. The SMILES string of the molecule is NC(=O)NCNC(=O)NCNC(=O)NCNC(=O)NCNC(=O)NCNC(N)=O. The van der Waals surface area contributed by atoms with Gasteiger partial charge in [0.1, 0.15) is 0 Å². The second-order valence-electron chi connectivity index (χ2n) is 4.70. The summed E-state index contributed by atoms with van der Waals surface area (Å²) in [6.07, 6.45) is 0. The Kier molecular flexibility index (Phi) is 12.5. The van der Waals surface area contributed by atoms with Crippen LogP contribution < -0.4 is 64.6 Å². The van der Waals surface area contributed by atoms with Crippen LogP contribution in [0, 0.1) is 0 Å². The highest BCUT2D eigenvalue weighted by Gasteiger charge is 2.04. The van der Waals surface area contributed by atoms with E-state index in [1.54, 1.807) is 0 Å². The minimum Gasteiger partial charge on any atom is -0.352 e. The molecule has 164 valence electrons. The van der Waals surface area contributed by atoms with Crippen LogP contribution in [0.25, 0.3) is 0 Å². The summed E-state index contributed by atoms with van der Waals surface area (Å²) in [4.78, 5) is 66.1. The lowest BCUT2D eigenvalue weighted by molar-refractivity contribution is 0.231. The third kappa shape index (κ3) is 16.8. The van der Waals surface area contributed by atoms with E-state index in [4.69, 9.17) is 11.5 Å². The highest BCUT2D eigenvalue weighted by Crippen LogP contribution is 1.67. The van der Waals surface area contributed by atoms with E-state index < -0.39 is 36.2 Å². The highest BCUT2D eigenvalue weighted by molar-refractivity contribution is 5.79. The minimum absolute atomic E-state index is 0.187. The number of urea groups is 6. The van der Waals surface area contributed by atoms with Crippen molar-refractivity contribution in [3.63, 3.8) is 0 Å². The number of amides is 12. The molecule has 0 fully saturated rings. The molecule has 0 atom stereocenters. The van der Waals surface area contributed by atoms with Gasteiger partial charge in [-0.1, -0.05) is 0 Å². The summed E-state index contributed by atoms with van der Waals surface area (Å²) in [5.74, 6) is 0. The van der Waals surface area contributed by atoms with E-state index in [0.29, 0.717) is 0 Å². The fourth-order valence-corrected chi connectivity index (χ4v) is 1.29. The normalized spacial score (nSPS) is 9.10. The molecule has 0 spiro atoms. The minimum atomic E-state index is -0.809. The number of carbonyl (C=O) groups excluding carboxylic acids is 6. The number of primary amides is 2. The first kappa shape index (κ1) is 24.6. The van der Waals surface area contributed by atoms with Crippen LogP contribution in [0.15, 0.2) is 0 Å². The topological polar surface area (TPSA) is 275 Å². The van der Waals surface area contributed by atoms with Crippen molar-refractivity contribution in [3.05, 3.63) is 0 Å². The van der Waals surface area contributed by atoms with E-state index in [9.17, 15) is 28.8 Å². The summed E-state index contributed by atoms with van der Waals surface area (Å²) >= 11 is 0. The second kappa shape index (κ2) is 14.8. The Morgan fingerprint density at radius 2 is 0.552 bits per heavy atom. The number of rotatable bonds is 10. The molecule has 0 aromatic rings. The van der Waals surface area contributed by atoms with Gasteiger partial charge in [-0.3, -0.25) is 0 Å². The van der Waals surface area contributed by atoms with Gasteiger partial charge in [0.2, 0.25) is 0 Å². The molecule has 0 rings (SSSR count). The molecule has 18 nitrogen and oxygen atoms in total. The number of hydrogen-bond donors (Lipinski definition) is 12. The van der Waals surface area contributed by atoms with Gasteiger partial charge >= 0.3 is 36.2 Å². The molecule has 0 saturated heterocycles. The number of carbonyl (C=O) groups is 6. The monoisotopic (exact) mass is 420 g/mol. The van der Waals surface area contributed by atoms with E-state index in [0.717, 1.165) is 0 Å². The summed E-state index contributed by atoms with van der Waals surface area (Å²) in [7, 11) is 0. The summed E-state index contributed by atoms with van der Waals surface area (Å²) in [5.41, 5.74) is 9.59. The summed E-state index contributed by atoms with van der Waals surface area (Å²) in [6, 6.07) is -4.34. The van der Waals surface area contributed by atoms with Crippen LogP contribution >= 0.6 is 0 Å². The lowest BCUT2D eigenvalue weighted by atomic mass is 10.8. The molecule has 14 N–H and O–H groups in total. The first-order valence-corrected chi connectivity index (χ1v) is 7.84. The maximum atomic E-state index is 11.4. The molecule has 0 saturated carbocycles. The predicted molar refractivity (Wildman–Crippen MR) is 96.4 cm³/mol. The molecule has 0 bridgehead atoms. The van der Waals surface area contributed by atoms with Gasteiger partial charge in [-0.15, -0.1) is 0 Å². The Morgan fingerprint density at radius 3 is 0.724 bits per heavy atom. The van der Waals surface area contributed by atoms with Crippen molar-refractivity contribution in [2.24, 2.45) is 11.5 Å². The quantitative estimate of drug-likeness (QED) is 0.154. The molecule has 0 aromatic heterocycles. The van der Waals surface area contributed by atoms with E-state index in [1.807, 2.05) is 0 Å². The molecule has 0 aliphatic rings. The maximum Gasteiger partial charge on any atom is 0.317 e. The van der Waals surface area contributed by atoms with Gasteiger partial charge in [-0.05, 0) is 0 Å². The standard InChI is InChI=1S/C11H24N12O6/c12-6(24)14-1-16-8(26)18-3-20-10(28)22-5-23-11(29)21-4-19-9(27)17-2-15-7(13)25/h1-5H2,(H3,12,14,24)(H3,13,15,25)(H2,16,18,26)(H2,17,19,27)(H2,20,22,28)(H2,21,23,29). The van der Waals surface area contributed by atoms with Crippen molar-refractivity contribution < 1.29 is 28.8 Å². The zero-order valence-electron chi connectivity index (χ0n) is 15.1. The van der Waals surface area contributed by atoms with Crippen molar-refractivity contribution in [2.45, 2.75) is 0 Å². The molecule has 0 heterocycles. The lowest BCUT2D eigenvalue weighted by Crippen LogP contribution is -2.51. The average Bonchev–Trinajstić information content (AvgIpc) is 2.61. The van der Waals surface area contributed by atoms with Crippen LogP contribution in [-0.2, 0) is 0 Å². The molecule has 0 aliphatic carbocycles. The van der Waals surface area contributed by atoms with Crippen LogP contribution in [0.2, 0.25) is 0 Å². The van der Waals surface area contributed by atoms with E-state index in [-0.39, 0.29) is 33.3 Å². The fourth-order valence-electron chi connectivity index (χ4n) is 1.29. The van der Waals surface area contributed by atoms with Crippen molar-refractivity contribution in [3.8, 4) is 0 Å². The number of nitrogens with one attached hydrogen (secondary N) is 10. The van der Waals surface area contributed by atoms with Gasteiger partial charge in [0, 0.05) is 0 Å². The molecule has 0 radical (unpaired) electrons. The van der Waals surface area contributed by atoms with Crippen LogP contribution in [0.1, 0.15) is 0 Å². The molecular weight excluding hydrogens is 396 g/mol. The first-order chi connectivity index (χ1) is 13.7. The molecule has 0 aromatic carbocycles. The predicted octanol–water partition coefficient (Wildman–Crippen LogP) is -4.69. The summed E-state index contributed by atoms with van der Waals surface area (Å²) in [6.45, 7) is -1.09. The third-order valence-electron chi connectivity index (χ3n) is 2.52. The summed E-state index contributed by atoms with van der Waals surface area (Å²) < 4.78 is 0. The van der Waals surface area contributed by atoms with Gasteiger partial charge in [-0.25, -0.2) is 28.8 Å². The molecule has 18 heteroatoms. The van der Waals surface area contributed by atoms with Gasteiger partial charge in [0.25, 0.3) is 0 Å². The van der Waals surface area contributed by atoms with Crippen LogP contribution in [0.3, 0.4) is 0 Å². The molecule has 0 aliphatic heterocycles. The molecule has 0 unspecified atom stereocenters. The van der Waals surface area contributed by atoms with Crippen molar-refractivity contribution in [2.75, 3.05) is 33.3 Å². The average molecular weight is 420 g/mol. The second-order valence-corrected chi connectivity index (χ2v) is 4.70. The Balaban J connectivity index is 3.64. The van der Waals surface area contributed by atoms with Crippen LogP contribution in [0.5, 0.6) is 0 Å². The van der Waals surface area contributed by atoms with Crippen LogP contribution in [0.4, 0.5) is 28.8 Å². The Bertz CT molecular complexity index is 549. The van der Waals surface area contributed by atoms with Gasteiger partial charge < -0.3 is 64.6 Å². The van der Waals surface area contributed by atoms with Crippen molar-refractivity contribution in [1.29, 1.82) is 0 Å². The smallest absolute Gasteiger partial charge is 0.317 e. The summed E-state index contributed by atoms with van der Waals surface area (Å²) in [5, 5.41) is 22.3. The highest BCUT2D eigenvalue weighted by atomic mass is 16.2. The Morgan fingerprint density at radius 1 is 0.379 bits per heavy atom. The van der Waals surface area contributed by atoms with E-state index >= 15 is 0 Å². The third-order valence-corrected chi connectivity index (χ3v) is 2.52. The number of hydrogen-bond acceptors (Lipinski definition) is 6. The van der Waals surface area contributed by atoms with E-state index in [2.05, 4.69) is 53.2 Å². The van der Waals surface area contributed by atoms with E-state index in [1.165, 1.54) is 0 Å². The van der Waals surface area contributed by atoms with Gasteiger partial charge in [0.15, 0.2) is 0 Å². The van der Waals surface area contributed by atoms with Crippen molar-refractivity contribution in [1.82, 2.24) is 53.2 Å². The van der Waals surface area contributed by atoms with Crippen molar-refractivity contribution >= 4 is 36.2 Å². The zero-order chi connectivity index (χ0) is 22.1. The zero-order valence-corrected chi connectivity index (χ0v) is 15.1. The van der Waals surface area contributed by atoms with Crippen LogP contribution in [-0.4, -0.2) is 69.5 Å². The molecular formula is C11H24N12O6. The number of nitrogens with two attached hydrogens (primary N) is 2. The Labute approximate surface area is 164 Å². The first-order valence-electron chi connectivity index (χ1n) is 7.84. The fraction of sp³-hybridized carbons (Fsp3) is 0.455. The molecule has 12 amide bonds. The Hall–Kier alpha value is -4.38. The largest absolute Gasteiger partial charge is 0.352 e. The lowest BCUT2D eigenvalue weighted by Gasteiger charge is -2.12. The maximum absolute atomic E-state index is 11.4.